The van der Waals surface area contributed by atoms with Crippen LogP contribution < -0.4 is 5.32 Å². The summed E-state index contributed by atoms with van der Waals surface area (Å²) >= 11 is 0. The molecule has 2 aromatic carbocycles. The molecule has 3 rings (SSSR count). The maximum absolute atomic E-state index is 4.49. The Morgan fingerprint density at radius 2 is 1.67 bits per heavy atom. The lowest BCUT2D eigenvalue weighted by Crippen LogP contribution is -2.10. The summed E-state index contributed by atoms with van der Waals surface area (Å²) < 4.78 is 0. The van der Waals surface area contributed by atoms with Crippen LogP contribution in [0.4, 0.5) is 5.95 Å². The van der Waals surface area contributed by atoms with Gasteiger partial charge in [-0.05, 0) is 36.6 Å². The Labute approximate surface area is 124 Å². The van der Waals surface area contributed by atoms with E-state index in [1.165, 1.54) is 11.1 Å². The van der Waals surface area contributed by atoms with Crippen LogP contribution in [0.3, 0.4) is 0 Å². The fraction of sp³-hybridized carbons (Fsp3) is 0.235. The van der Waals surface area contributed by atoms with E-state index in [0.717, 1.165) is 17.5 Å². The fourth-order valence-corrected chi connectivity index (χ4v) is 2.26. The Morgan fingerprint density at radius 1 is 0.952 bits per heavy atom. The maximum atomic E-state index is 4.49. The topological polar surface area (TPSA) is 50.7 Å². The number of nitrogens with zero attached hydrogens (tertiary/aromatic N) is 3. The van der Waals surface area contributed by atoms with Crippen molar-refractivity contribution in [3.05, 3.63) is 59.7 Å². The molecular formula is C17H18N4. The molecule has 0 fully saturated rings. The van der Waals surface area contributed by atoms with Crippen molar-refractivity contribution in [2.75, 3.05) is 5.32 Å². The van der Waals surface area contributed by atoms with E-state index < -0.39 is 0 Å². The van der Waals surface area contributed by atoms with Gasteiger partial charge in [-0.2, -0.15) is 0 Å². The smallest absolute Gasteiger partial charge is 0.243 e. The molecule has 0 radical (unpaired) electrons. The van der Waals surface area contributed by atoms with E-state index in [-0.39, 0.29) is 6.04 Å². The largest absolute Gasteiger partial charge is 0.346 e. The van der Waals surface area contributed by atoms with Crippen LogP contribution in [-0.2, 0) is 6.42 Å². The van der Waals surface area contributed by atoms with Gasteiger partial charge in [0.1, 0.15) is 5.52 Å². The van der Waals surface area contributed by atoms with Crippen molar-refractivity contribution in [3.63, 3.8) is 0 Å². The Morgan fingerprint density at radius 3 is 2.38 bits per heavy atom. The molecule has 3 aromatic rings. The highest BCUT2D eigenvalue weighted by Gasteiger charge is 2.08. The second-order valence-electron chi connectivity index (χ2n) is 5.09. The fourth-order valence-electron chi connectivity index (χ4n) is 2.26. The maximum Gasteiger partial charge on any atom is 0.243 e. The van der Waals surface area contributed by atoms with Gasteiger partial charge in [0, 0.05) is 0 Å². The summed E-state index contributed by atoms with van der Waals surface area (Å²) in [6.07, 6.45) is 1.06. The molecule has 0 saturated heterocycles. The first-order chi connectivity index (χ1) is 10.3. The molecule has 0 saturated carbocycles. The second-order valence-corrected chi connectivity index (χ2v) is 5.09. The van der Waals surface area contributed by atoms with Crippen LogP contribution in [0.15, 0.2) is 48.5 Å². The molecule has 0 aliphatic carbocycles. The van der Waals surface area contributed by atoms with Crippen molar-refractivity contribution in [1.82, 2.24) is 15.2 Å². The van der Waals surface area contributed by atoms with Gasteiger partial charge < -0.3 is 5.32 Å². The lowest BCUT2D eigenvalue weighted by molar-refractivity contribution is 0.848. The third-order valence-corrected chi connectivity index (χ3v) is 3.59. The zero-order valence-corrected chi connectivity index (χ0v) is 12.2. The molecule has 1 aromatic heterocycles. The van der Waals surface area contributed by atoms with E-state index in [4.69, 9.17) is 0 Å². The van der Waals surface area contributed by atoms with Crippen molar-refractivity contribution >= 4 is 17.0 Å². The average molecular weight is 278 g/mol. The summed E-state index contributed by atoms with van der Waals surface area (Å²) in [5.74, 6) is 0.556. The number of benzene rings is 2. The summed E-state index contributed by atoms with van der Waals surface area (Å²) in [6.45, 7) is 4.25. The van der Waals surface area contributed by atoms with Gasteiger partial charge in [-0.25, -0.2) is 4.98 Å². The zero-order valence-electron chi connectivity index (χ0n) is 12.2. The molecule has 1 heterocycles. The third kappa shape index (κ3) is 2.99. The number of hydrogen-bond acceptors (Lipinski definition) is 4. The number of nitrogens with one attached hydrogen (secondary N) is 1. The van der Waals surface area contributed by atoms with Crippen molar-refractivity contribution in [2.45, 2.75) is 26.3 Å². The van der Waals surface area contributed by atoms with Crippen molar-refractivity contribution in [1.29, 1.82) is 0 Å². The number of para-hydroxylation sites is 1. The molecule has 0 spiro atoms. The van der Waals surface area contributed by atoms with E-state index in [9.17, 15) is 0 Å². The van der Waals surface area contributed by atoms with E-state index in [1.807, 2.05) is 24.3 Å². The molecule has 0 bridgehead atoms. The second kappa shape index (κ2) is 5.87. The summed E-state index contributed by atoms with van der Waals surface area (Å²) in [7, 11) is 0. The molecule has 4 nitrogen and oxygen atoms in total. The Balaban J connectivity index is 1.79. The monoisotopic (exact) mass is 278 g/mol. The average Bonchev–Trinajstić information content (AvgIpc) is 2.55. The highest BCUT2D eigenvalue weighted by atomic mass is 15.2. The first-order valence-corrected chi connectivity index (χ1v) is 7.21. The van der Waals surface area contributed by atoms with Crippen LogP contribution in [0.1, 0.15) is 31.0 Å². The minimum absolute atomic E-state index is 0.138. The molecule has 1 unspecified atom stereocenters. The molecule has 0 amide bonds. The zero-order chi connectivity index (χ0) is 14.7. The molecule has 106 valence electrons. The van der Waals surface area contributed by atoms with Crippen molar-refractivity contribution < 1.29 is 0 Å². The molecule has 1 atom stereocenters. The van der Waals surface area contributed by atoms with Gasteiger partial charge in [0.15, 0.2) is 0 Å². The van der Waals surface area contributed by atoms with Crippen LogP contribution in [0, 0.1) is 0 Å². The molecule has 4 heteroatoms. The number of hydrogen-bond donors (Lipinski definition) is 1. The highest BCUT2D eigenvalue weighted by Crippen LogP contribution is 2.18. The van der Waals surface area contributed by atoms with Gasteiger partial charge in [0.2, 0.25) is 5.95 Å². The lowest BCUT2D eigenvalue weighted by atomic mass is 10.1. The number of fused-ring (bicyclic) bond motifs is 1. The third-order valence-electron chi connectivity index (χ3n) is 3.59. The van der Waals surface area contributed by atoms with Gasteiger partial charge in [0.05, 0.1) is 11.6 Å². The molecular weight excluding hydrogens is 260 g/mol. The van der Waals surface area contributed by atoms with Crippen LogP contribution in [0.5, 0.6) is 0 Å². The minimum Gasteiger partial charge on any atom is -0.346 e. The Hall–Kier alpha value is -2.49. The number of aromatic nitrogens is 3. The van der Waals surface area contributed by atoms with Gasteiger partial charge in [0.25, 0.3) is 0 Å². The van der Waals surface area contributed by atoms with Crippen LogP contribution in [0.2, 0.25) is 0 Å². The standard InChI is InChI=1S/C17H18N4/c1-3-13-8-10-14(11-9-13)12(2)18-17-19-15-6-4-5-7-16(15)20-21-17/h4-12H,3H2,1-2H3,(H,18,19,21). The van der Waals surface area contributed by atoms with E-state index in [1.54, 1.807) is 0 Å². The van der Waals surface area contributed by atoms with Gasteiger partial charge in [-0.1, -0.05) is 43.3 Å². The van der Waals surface area contributed by atoms with Crippen molar-refractivity contribution in [3.8, 4) is 0 Å². The van der Waals surface area contributed by atoms with Gasteiger partial charge in [-0.15, -0.1) is 10.2 Å². The SMILES string of the molecule is CCc1ccc(C(C)Nc2nnc3ccccc3n2)cc1. The summed E-state index contributed by atoms with van der Waals surface area (Å²) in [5, 5.41) is 11.6. The summed E-state index contributed by atoms with van der Waals surface area (Å²) in [5.41, 5.74) is 4.21. The van der Waals surface area contributed by atoms with Crippen LogP contribution in [-0.4, -0.2) is 15.2 Å². The Bertz CT molecular complexity index is 737. The first kappa shape index (κ1) is 13.5. The van der Waals surface area contributed by atoms with Gasteiger partial charge in [-0.3, -0.25) is 0 Å². The Kier molecular flexibility index (Phi) is 3.77. The summed E-state index contributed by atoms with van der Waals surface area (Å²) in [6, 6.07) is 16.5. The summed E-state index contributed by atoms with van der Waals surface area (Å²) in [4.78, 5) is 4.49. The van der Waals surface area contributed by atoms with Gasteiger partial charge >= 0.3 is 0 Å². The number of aryl methyl sites for hydroxylation is 1. The van der Waals surface area contributed by atoms with Crippen molar-refractivity contribution in [2.24, 2.45) is 0 Å². The molecule has 21 heavy (non-hydrogen) atoms. The number of anilines is 1. The van der Waals surface area contributed by atoms with Crippen LogP contribution >= 0.6 is 0 Å². The minimum atomic E-state index is 0.138. The molecule has 0 aliphatic heterocycles. The quantitative estimate of drug-likeness (QED) is 0.789. The normalized spacial score (nSPS) is 12.3. The highest BCUT2D eigenvalue weighted by molar-refractivity contribution is 5.74. The molecule has 1 N–H and O–H groups in total. The predicted molar refractivity (Wildman–Crippen MR) is 85.2 cm³/mol. The predicted octanol–water partition coefficient (Wildman–Crippen LogP) is 3.76. The van der Waals surface area contributed by atoms with E-state index in [2.05, 4.69) is 58.6 Å². The first-order valence-electron chi connectivity index (χ1n) is 7.21. The lowest BCUT2D eigenvalue weighted by Gasteiger charge is -2.14. The van der Waals surface area contributed by atoms with Crippen LogP contribution in [0.25, 0.3) is 11.0 Å². The van der Waals surface area contributed by atoms with E-state index >= 15 is 0 Å². The molecule has 0 aliphatic rings. The van der Waals surface area contributed by atoms with E-state index in [0.29, 0.717) is 5.95 Å². The number of rotatable bonds is 4.